The number of ether oxygens (including phenoxy) is 3. The Bertz CT molecular complexity index is 6870. The molecule has 147 heavy (non-hydrogen) atoms. The second kappa shape index (κ2) is 49.1. The molecule has 0 bridgehead atoms. The molecule has 3 saturated carbocycles. The number of Topliss-reactive ketones (excluding diaryl/α,β-unsaturated/α-hetero) is 1. The van der Waals surface area contributed by atoms with Crippen LogP contribution >= 0.6 is 12.4 Å². The number of hydrogen-bond acceptors (Lipinski definition) is 29. The van der Waals surface area contributed by atoms with Gasteiger partial charge in [0.25, 0.3) is 0 Å². The molecule has 9 aliphatic rings. The normalized spacial score (nSPS) is 21.1. The number of para-hydroxylation sites is 3. The summed E-state index contributed by atoms with van der Waals surface area (Å²) in [6, 6.07) is 40.7. The van der Waals surface area contributed by atoms with Crippen molar-refractivity contribution in [2.75, 3.05) is 75.0 Å². The van der Waals surface area contributed by atoms with Crippen molar-refractivity contribution in [2.24, 2.45) is 21.1 Å². The van der Waals surface area contributed by atoms with Crippen LogP contribution in [0.1, 0.15) is 225 Å². The van der Waals surface area contributed by atoms with Gasteiger partial charge in [-0.1, -0.05) is 36.4 Å². The molecule has 12 aromatic rings. The van der Waals surface area contributed by atoms with Gasteiger partial charge < -0.3 is 51.4 Å². The third-order valence-electron chi connectivity index (χ3n) is 30.5. The van der Waals surface area contributed by atoms with E-state index in [1.807, 2.05) is 84.9 Å². The summed E-state index contributed by atoms with van der Waals surface area (Å²) in [5.74, 6) is 0.587. The van der Waals surface area contributed by atoms with Gasteiger partial charge in [-0.3, -0.25) is 76.9 Å². The van der Waals surface area contributed by atoms with Gasteiger partial charge in [-0.05, 0) is 263 Å². The van der Waals surface area contributed by atoms with Crippen LogP contribution in [0.3, 0.4) is 0 Å². The third-order valence-corrected chi connectivity index (χ3v) is 30.5. The first-order valence-corrected chi connectivity index (χ1v) is 51.5. The number of nitrogens with zero attached hydrogens (tertiary/aromatic N) is 17. The van der Waals surface area contributed by atoms with E-state index < -0.39 is 35.8 Å². The topological polar surface area (TPSA) is 502 Å². The fourth-order valence-electron chi connectivity index (χ4n) is 22.7. The molecule has 0 radical (unpaired) electrons. The number of fused-ring (bicyclic) bond motifs is 6. The Morgan fingerprint density at radius 1 is 0.381 bits per heavy atom. The van der Waals surface area contributed by atoms with Gasteiger partial charge in [0, 0.05) is 146 Å². The number of halogens is 1. The summed E-state index contributed by atoms with van der Waals surface area (Å²) >= 11 is 0. The van der Waals surface area contributed by atoms with Crippen molar-refractivity contribution in [1.29, 1.82) is 15.8 Å². The Balaban J connectivity index is 0.000000146. The molecule has 39 heteroatoms. The molecule has 6 aromatic heterocycles. The second-order valence-electron chi connectivity index (χ2n) is 39.7. The van der Waals surface area contributed by atoms with Crippen LogP contribution < -0.4 is 60.4 Å². The Morgan fingerprint density at radius 2 is 0.687 bits per heavy atom. The number of likely N-dealkylation sites (tertiary alicyclic amines) is 2. The highest BCUT2D eigenvalue weighted by Crippen LogP contribution is 2.37. The Kier molecular flexibility index (Phi) is 34.9. The molecule has 12 heterocycles. The predicted molar refractivity (Wildman–Crippen MR) is 559 cm³/mol. The van der Waals surface area contributed by atoms with E-state index in [0.29, 0.717) is 105 Å². The lowest BCUT2D eigenvalue weighted by Crippen LogP contribution is -2.46. The molecule has 772 valence electrons. The van der Waals surface area contributed by atoms with E-state index in [4.69, 9.17) is 20.9 Å². The number of hydrogen-bond donors (Lipinski definition) is 8. The molecule has 38 nitrogen and oxygen atoms in total. The number of benzene rings is 6. The van der Waals surface area contributed by atoms with E-state index in [9.17, 15) is 58.5 Å². The summed E-state index contributed by atoms with van der Waals surface area (Å²) in [4.78, 5) is 154. The number of imidazole rings is 3. The molecule has 6 aliphatic heterocycles. The Labute approximate surface area is 858 Å². The number of carbonyl (C=O) groups excluding carboxylic acids is 7. The first-order chi connectivity index (χ1) is 71.6. The molecule has 6 amide bonds. The van der Waals surface area contributed by atoms with Crippen molar-refractivity contribution >= 4 is 137 Å². The predicted octanol–water partition coefficient (Wildman–Crippen LogP) is 12.0. The quantitative estimate of drug-likeness (QED) is 0.0184. The molecule has 9 fully saturated rings. The number of aromatic nitrogens is 12. The molecular formula is C108H130ClN25O13. The largest absolute Gasteiger partial charge is 0.378 e. The lowest BCUT2D eigenvalue weighted by molar-refractivity contribution is -0.137. The lowest BCUT2D eigenvalue weighted by atomic mass is 9.89. The minimum atomic E-state index is -0.681. The molecule has 21 rings (SSSR count). The fraction of sp³-hybridized carbons (Fsp3) is 0.491. The molecular weight excluding hydrogens is 1890 g/mol. The van der Waals surface area contributed by atoms with Crippen LogP contribution in [0.2, 0.25) is 1.41 Å². The van der Waals surface area contributed by atoms with Gasteiger partial charge in [0.15, 0.2) is 0 Å². The number of nitriles is 3. The first-order valence-electron chi connectivity index (χ1n) is 52.1. The molecule has 3 unspecified atom stereocenters. The van der Waals surface area contributed by atoms with Crippen LogP contribution in [-0.4, -0.2) is 216 Å². The van der Waals surface area contributed by atoms with Crippen molar-refractivity contribution in [1.82, 2.24) is 94.5 Å². The highest BCUT2D eigenvalue weighted by Gasteiger charge is 2.38. The van der Waals surface area contributed by atoms with E-state index in [0.717, 1.165) is 280 Å². The highest BCUT2D eigenvalue weighted by atomic mass is 35.5. The van der Waals surface area contributed by atoms with Crippen molar-refractivity contribution in [2.45, 2.75) is 259 Å². The van der Waals surface area contributed by atoms with Gasteiger partial charge in [-0.25, -0.2) is 44.3 Å². The molecule has 3 atom stereocenters. The summed E-state index contributed by atoms with van der Waals surface area (Å²) < 4.78 is 33.4. The number of carbonyl (C=O) groups is 7. The van der Waals surface area contributed by atoms with Crippen LogP contribution in [0.25, 0.3) is 65.8 Å². The molecule has 10 N–H and O–H groups in total. The standard InChI is InChI=1S/2C36H42N8O4.C21H28N4O4.C15H14N4O.ClH.H3N/c2*1-42-33-24(4-2-6-30(33)44(36(42)47)31-13-14-32(45)41-35(31)46)5-3-19-48-27-15-17-43(18-16-27)26-10-8-25(9-11-26)40-34-28-20-23(21-37)7-12-29(28)38-22-39-34;1-24-19-14(5-3-13-29-15-9-11-22-12-10-15)4-2-6-16(19)25(21(24)28)17-7-8-18(26)23-20(17)27;16-8-10-1-6-14-13(7-10)15(18-9-17-14)19-11-2-4-12(20)5-3-11;;/h2*2,4,6-7,12,20,22,25-27,31H,3,5,8-11,13-19H2,1H3,(H,38,39,40)(H,41,45,46);2,4,6,15,17,22H,3,5,7-13H2,1H3,(H,23,26,27);1,6-7,9,11H,2-5H2,(H,17,18,19);1H;1H3/i/hT. The monoisotopic (exact) mass is 2020 g/mol. The third kappa shape index (κ3) is 24.7. The number of aryl methyl sites for hydroxylation is 6. The number of amides is 6. The maximum absolute atomic E-state index is 13.2. The first kappa shape index (κ1) is 104. The van der Waals surface area contributed by atoms with Crippen molar-refractivity contribution in [3.8, 4) is 18.2 Å². The summed E-state index contributed by atoms with van der Waals surface area (Å²) in [5, 5.41) is 51.4. The van der Waals surface area contributed by atoms with Crippen molar-refractivity contribution in [3.05, 3.63) is 193 Å². The summed E-state index contributed by atoms with van der Waals surface area (Å²) in [5.41, 5.74) is 11.5. The Morgan fingerprint density at radius 3 is 0.993 bits per heavy atom. The van der Waals surface area contributed by atoms with Gasteiger partial charge in [0.05, 0.1) is 103 Å². The van der Waals surface area contributed by atoms with Crippen molar-refractivity contribution < 1.29 is 49.2 Å². The van der Waals surface area contributed by atoms with Gasteiger partial charge in [-0.15, -0.1) is 12.4 Å². The maximum Gasteiger partial charge on any atom is 0.329 e. The maximum atomic E-state index is 13.2. The second-order valence-corrected chi connectivity index (χ2v) is 39.7. The van der Waals surface area contributed by atoms with E-state index >= 15 is 0 Å². The van der Waals surface area contributed by atoms with Crippen molar-refractivity contribution in [3.63, 3.8) is 0 Å². The van der Waals surface area contributed by atoms with Gasteiger partial charge in [0.1, 0.15) is 61.8 Å². The van der Waals surface area contributed by atoms with Crippen LogP contribution in [-0.2, 0) is 88.2 Å². The van der Waals surface area contributed by atoms with Crippen LogP contribution in [0.5, 0.6) is 0 Å². The zero-order valence-corrected chi connectivity index (χ0v) is 84.3. The summed E-state index contributed by atoms with van der Waals surface area (Å²) in [7, 11) is 5.23. The highest BCUT2D eigenvalue weighted by molar-refractivity contribution is 6.02. The van der Waals surface area contributed by atoms with Gasteiger partial charge in [-0.2, -0.15) is 15.8 Å². The average molecular weight is 2020 g/mol. The number of ketones is 1. The average Bonchev–Trinajstić information content (AvgIpc) is 1.61. The summed E-state index contributed by atoms with van der Waals surface area (Å²) in [6.07, 6.45) is 34.0. The Hall–Kier alpha value is -13.9. The van der Waals surface area contributed by atoms with Crippen LogP contribution in [0.15, 0.2) is 143 Å². The van der Waals surface area contributed by atoms with Crippen LogP contribution in [0.4, 0.5) is 17.5 Å². The summed E-state index contributed by atoms with van der Waals surface area (Å²) in [6.45, 7) is 8.25. The molecule has 6 aromatic carbocycles. The SMILES string of the molecule is Cl.Cn1c(=O)n(C2CCC(=O)NC2=O)c2cccc(CCCOC3CCN(C4CCC(Nc5ncnc6ccc(C#N)cc56)CC4)CC3)c21.Cn1c(=O)n(C2CCC(=O)NC2=O)c2cccc(CCCOC3CCN(C4CCC(Nc5ncnc6ccc(C#N)cc56)CC4)CC3)c21.Cn1c(=O)n(C2CCC(=O)NC2=O)c2cccc(CCCOC3CCNCC3)c21.N#Cc1ccc2ncnc(NC3CCC(=O)CC3)c2c1.[3H]N. The van der Waals surface area contributed by atoms with E-state index in [-0.39, 0.29) is 84.7 Å². The van der Waals surface area contributed by atoms with E-state index in [1.165, 1.54) is 10.9 Å². The number of rotatable bonds is 26. The lowest BCUT2D eigenvalue weighted by Gasteiger charge is -2.41. The van der Waals surface area contributed by atoms with E-state index in [1.54, 1.807) is 80.9 Å². The number of piperidine rings is 6. The van der Waals surface area contributed by atoms with Gasteiger partial charge >= 0.3 is 17.1 Å². The molecule has 3 aliphatic carbocycles. The number of imide groups is 3. The number of anilines is 3. The molecule has 6 saturated heterocycles. The molecule has 0 spiro atoms. The zero-order chi connectivity index (χ0) is 103. The van der Waals surface area contributed by atoms with Gasteiger partial charge in [0.2, 0.25) is 35.4 Å². The van der Waals surface area contributed by atoms with E-state index in [2.05, 4.69) is 101 Å². The smallest absolute Gasteiger partial charge is 0.329 e. The minimum Gasteiger partial charge on any atom is -0.378 e. The van der Waals surface area contributed by atoms with Crippen LogP contribution in [0, 0.1) is 34.0 Å². The number of nitrogens with one attached hydrogen (secondary N) is 7. The minimum absolute atomic E-state index is 0. The zero-order valence-electron chi connectivity index (χ0n) is 84.4. The fourth-order valence-corrected chi connectivity index (χ4v) is 22.7.